The molecule has 0 unspecified atom stereocenters. The largest absolute Gasteiger partial charge is 0.507 e. The molecule has 0 atom stereocenters. The maximum Gasteiger partial charge on any atom is 0.419 e. The van der Waals surface area contributed by atoms with E-state index in [1.165, 1.54) is 43.8 Å². The lowest BCUT2D eigenvalue weighted by atomic mass is 10.00. The van der Waals surface area contributed by atoms with Crippen LogP contribution in [0.25, 0.3) is 44.5 Å². The zero-order chi connectivity index (χ0) is 73.9. The van der Waals surface area contributed by atoms with Crippen molar-refractivity contribution < 1.29 is 61.2 Å². The summed E-state index contributed by atoms with van der Waals surface area (Å²) >= 11 is 35.7. The zero-order valence-electron chi connectivity index (χ0n) is 53.9. The molecule has 16 nitrogen and oxygen atoms in total. The third-order valence-corrected chi connectivity index (χ3v) is 18.3. The van der Waals surface area contributed by atoms with E-state index in [0.29, 0.717) is 92.5 Å². The topological polar surface area (TPSA) is 234 Å². The number of nitrogens with one attached hydrogen (secondary N) is 3. The van der Waals surface area contributed by atoms with E-state index < -0.39 is 80.9 Å². The van der Waals surface area contributed by atoms with E-state index in [4.69, 9.17) is 69.6 Å². The molecule has 0 radical (unpaired) electrons. The Morgan fingerprint density at radius 2 is 0.822 bits per heavy atom. The molecule has 0 aliphatic heterocycles. The third-order valence-electron chi connectivity index (χ3n) is 16.0. The number of carbonyl (C=O) groups excluding carboxylic acids is 3. The number of rotatable bonds is 18. The fourth-order valence-electron chi connectivity index (χ4n) is 10.7. The number of hydrogen-bond donors (Lipinski definition) is 7. The van der Waals surface area contributed by atoms with Gasteiger partial charge in [0.1, 0.15) is 5.75 Å². The molecule has 28 heteroatoms. The molecule has 0 aliphatic rings. The van der Waals surface area contributed by atoms with Crippen molar-refractivity contribution >= 4 is 98.1 Å². The van der Waals surface area contributed by atoms with Crippen LogP contribution < -0.4 is 32.6 Å². The smallest absolute Gasteiger partial charge is 0.419 e. The SMILES string of the molecule is Cc1cc(-c2cc(C(=O)NCCCc3ccc(Cl)c(Cl)c3)c(O)c(=O)n2C)cc(C(F)(F)F)c1.Cn1c(-c2ccc(O)c(C(F)(F)F)c2)cc(C(=O)NCCCc2ccc(Cl)c(Cl)c2)c(O)c1=O.Cn1c(-c2cccc3ccccc23)cc(C(=O)NCCCc2ccc(Cl)c(Cl)c2)c(O)c1=O. The molecule has 101 heavy (non-hydrogen) atoms. The number of hydrogen-bond acceptors (Lipinski definition) is 10. The number of halogens is 12. The Hall–Kier alpha value is -9.42. The Kier molecular flexibility index (Phi) is 25.5. The molecule has 3 amide bonds. The summed E-state index contributed by atoms with van der Waals surface area (Å²) in [6, 6.07) is 39.3. The van der Waals surface area contributed by atoms with Crippen molar-refractivity contribution in [3.8, 4) is 56.8 Å². The van der Waals surface area contributed by atoms with Gasteiger partial charge in [-0.1, -0.05) is 130 Å². The molecule has 3 heterocycles. The number of amides is 3. The number of fused-ring (bicyclic) bond motifs is 1. The average Bonchev–Trinajstić information content (AvgIpc) is 0.731. The molecule has 0 bridgehead atoms. The molecule has 7 aromatic carbocycles. The number of benzene rings is 7. The average molecular weight is 1510 g/mol. The van der Waals surface area contributed by atoms with Gasteiger partial charge in [0.05, 0.1) is 75.0 Å². The number of nitrogens with zero attached hydrogens (tertiary/aromatic N) is 3. The molecular weight excluding hydrogens is 1450 g/mol. The van der Waals surface area contributed by atoms with Crippen LogP contribution in [0.2, 0.25) is 30.1 Å². The van der Waals surface area contributed by atoms with Crippen LogP contribution in [0.3, 0.4) is 0 Å². The van der Waals surface area contributed by atoms with Gasteiger partial charge in [-0.25, -0.2) is 0 Å². The number of carbonyl (C=O) groups is 3. The molecule has 528 valence electrons. The summed E-state index contributed by atoms with van der Waals surface area (Å²) in [5, 5.41) is 53.0. The molecule has 0 saturated heterocycles. The normalized spacial score (nSPS) is 11.3. The first-order valence-corrected chi connectivity index (χ1v) is 32.9. The van der Waals surface area contributed by atoms with Crippen molar-refractivity contribution in [3.63, 3.8) is 0 Å². The van der Waals surface area contributed by atoms with Crippen LogP contribution >= 0.6 is 69.6 Å². The Morgan fingerprint density at radius 3 is 1.24 bits per heavy atom. The van der Waals surface area contributed by atoms with Gasteiger partial charge in [0.25, 0.3) is 34.4 Å². The first-order valence-electron chi connectivity index (χ1n) is 30.7. The molecular formula is C73H62Cl6F6N6O10. The van der Waals surface area contributed by atoms with Gasteiger partial charge in [0.15, 0.2) is 17.2 Å². The molecule has 0 aliphatic carbocycles. The number of alkyl halides is 6. The third kappa shape index (κ3) is 19.2. The van der Waals surface area contributed by atoms with E-state index in [9.17, 15) is 75.5 Å². The molecule has 3 aromatic heterocycles. The van der Waals surface area contributed by atoms with Gasteiger partial charge >= 0.3 is 12.4 Å². The molecule has 0 spiro atoms. The minimum absolute atomic E-state index is 0.0458. The minimum Gasteiger partial charge on any atom is -0.507 e. The van der Waals surface area contributed by atoms with E-state index >= 15 is 0 Å². The van der Waals surface area contributed by atoms with Crippen LogP contribution in [0.4, 0.5) is 26.3 Å². The van der Waals surface area contributed by atoms with Crippen molar-refractivity contribution in [1.29, 1.82) is 0 Å². The Labute approximate surface area is 603 Å². The van der Waals surface area contributed by atoms with Gasteiger partial charge in [0, 0.05) is 46.3 Å². The first-order chi connectivity index (χ1) is 47.6. The fraction of sp³-hybridized carbons (Fsp3) is 0.205. The number of pyridine rings is 3. The molecule has 7 N–H and O–H groups in total. The van der Waals surface area contributed by atoms with Gasteiger partial charge in [-0.15, -0.1) is 0 Å². The summed E-state index contributed by atoms with van der Waals surface area (Å²) in [5.41, 5.74) is -0.828. The highest BCUT2D eigenvalue weighted by Gasteiger charge is 2.35. The van der Waals surface area contributed by atoms with Crippen LogP contribution in [-0.4, -0.2) is 71.5 Å². The summed E-state index contributed by atoms with van der Waals surface area (Å²) in [6.07, 6.45) is -5.85. The summed E-state index contributed by atoms with van der Waals surface area (Å²) in [7, 11) is 4.14. The second kappa shape index (κ2) is 33.4. The monoisotopic (exact) mass is 1510 g/mol. The molecule has 10 rings (SSSR count). The van der Waals surface area contributed by atoms with Gasteiger partial charge < -0.3 is 50.1 Å². The van der Waals surface area contributed by atoms with E-state index in [2.05, 4.69) is 16.0 Å². The van der Waals surface area contributed by atoms with E-state index in [1.54, 1.807) is 55.6 Å². The van der Waals surface area contributed by atoms with Crippen LogP contribution in [0.1, 0.15) is 83.7 Å². The maximum atomic E-state index is 13.3. The second-order valence-corrected chi connectivity index (χ2v) is 25.6. The lowest BCUT2D eigenvalue weighted by molar-refractivity contribution is -0.139. The van der Waals surface area contributed by atoms with Gasteiger partial charge in [-0.05, 0) is 181 Å². The summed E-state index contributed by atoms with van der Waals surface area (Å²) in [5.74, 6) is -5.13. The van der Waals surface area contributed by atoms with E-state index in [-0.39, 0.29) is 52.3 Å². The Bertz CT molecular complexity index is 5000. The summed E-state index contributed by atoms with van der Waals surface area (Å²) in [6.45, 7) is 2.29. The van der Waals surface area contributed by atoms with Crippen molar-refractivity contribution in [2.45, 2.75) is 57.8 Å². The Morgan fingerprint density at radius 1 is 0.426 bits per heavy atom. The fourth-order valence-corrected chi connectivity index (χ4v) is 11.7. The summed E-state index contributed by atoms with van der Waals surface area (Å²) < 4.78 is 82.6. The predicted molar refractivity (Wildman–Crippen MR) is 382 cm³/mol. The Balaban J connectivity index is 0.000000192. The highest BCUT2D eigenvalue weighted by atomic mass is 35.5. The van der Waals surface area contributed by atoms with Crippen LogP contribution in [-0.2, 0) is 52.8 Å². The lowest BCUT2D eigenvalue weighted by Crippen LogP contribution is -2.28. The van der Waals surface area contributed by atoms with Gasteiger partial charge in [-0.3, -0.25) is 28.8 Å². The maximum absolute atomic E-state index is 13.3. The zero-order valence-corrected chi connectivity index (χ0v) is 58.4. The number of aromatic nitrogens is 3. The minimum atomic E-state index is -4.83. The van der Waals surface area contributed by atoms with Crippen molar-refractivity contribution in [2.24, 2.45) is 21.1 Å². The summed E-state index contributed by atoms with van der Waals surface area (Å²) in [4.78, 5) is 75.8. The van der Waals surface area contributed by atoms with E-state index in [1.807, 2.05) is 54.6 Å². The highest BCUT2D eigenvalue weighted by molar-refractivity contribution is 6.43. The first kappa shape index (κ1) is 77.3. The van der Waals surface area contributed by atoms with Crippen LogP contribution in [0.15, 0.2) is 166 Å². The number of phenols is 1. The van der Waals surface area contributed by atoms with E-state index in [0.717, 1.165) is 66.4 Å². The second-order valence-electron chi connectivity index (χ2n) is 23.1. The number of aromatic hydroxyl groups is 4. The highest BCUT2D eigenvalue weighted by Crippen LogP contribution is 2.39. The van der Waals surface area contributed by atoms with Gasteiger partial charge in [0.2, 0.25) is 0 Å². The number of aryl methyl sites for hydroxylation is 4. The molecule has 10 aromatic rings. The molecule has 0 saturated carbocycles. The predicted octanol–water partition coefficient (Wildman–Crippen LogP) is 16.5. The van der Waals surface area contributed by atoms with Crippen LogP contribution in [0, 0.1) is 6.92 Å². The van der Waals surface area contributed by atoms with Crippen molar-refractivity contribution in [3.05, 3.63) is 263 Å². The molecule has 0 fully saturated rings. The standard InChI is InChI=1S/C26H22Cl2N2O3.C24H21Cl2F3N2O3.C23H19Cl2F3N2O4/c1-30-23(19-10-4-8-17-7-2-3-9-18(17)19)15-20(24(31)26(30)33)25(32)29-13-5-6-16-11-12-21(27)22(28)14-16;1-13-8-15(11-16(9-13)24(27,28)29)20-12-17(21(32)23(34)31(20)2)22(33)30-7-3-4-14-5-6-18(25)19(26)10-14;1-30-18(13-5-7-19(31)15(10-13)23(26,27)28)11-14(20(32)22(30)34)21(33)29-8-2-3-12-4-6-16(24)17(25)9-12/h2-4,7-12,14-15,31H,5-6,13H2,1H3,(H,29,32);5-6,8-12,32H,3-4,7H2,1-2H3,(H,30,33);4-7,9-11,31-32H,2-3,8H2,1H3,(H,29,33). The number of phenolic OH excluding ortho intramolecular Hbond substituents is 1. The van der Waals surface area contributed by atoms with Crippen LogP contribution in [0.5, 0.6) is 23.0 Å². The van der Waals surface area contributed by atoms with Gasteiger partial charge in [-0.2, -0.15) is 26.3 Å². The van der Waals surface area contributed by atoms with Crippen molar-refractivity contribution in [1.82, 2.24) is 29.7 Å². The lowest BCUT2D eigenvalue weighted by Gasteiger charge is -2.15. The quantitative estimate of drug-likeness (QED) is 0.0317. The van der Waals surface area contributed by atoms with Crippen molar-refractivity contribution in [2.75, 3.05) is 19.6 Å².